The Labute approximate surface area is 135 Å². The molecule has 2 N–H and O–H groups in total. The molecule has 2 aliphatic rings. The summed E-state index contributed by atoms with van der Waals surface area (Å²) in [6.45, 7) is 2.23. The highest BCUT2D eigenvalue weighted by Gasteiger charge is 2.45. The van der Waals surface area contributed by atoms with Crippen LogP contribution in [0.25, 0.3) is 0 Å². The molecule has 1 aliphatic heterocycles. The van der Waals surface area contributed by atoms with Crippen LogP contribution in [0.1, 0.15) is 56.6 Å². The Kier molecular flexibility index (Phi) is 4.67. The topological polar surface area (TPSA) is 29.3 Å². The van der Waals surface area contributed by atoms with Crippen LogP contribution >= 0.6 is 15.9 Å². The Bertz CT molecular complexity index is 494. The summed E-state index contributed by atoms with van der Waals surface area (Å²) in [5.74, 6) is -0.187. The Hall–Kier alpha value is -0.450. The van der Waals surface area contributed by atoms with Gasteiger partial charge in [-0.05, 0) is 60.8 Å². The van der Waals surface area contributed by atoms with Gasteiger partial charge in [0.25, 0.3) is 0 Å². The maximum atomic E-state index is 14.5. The average molecular weight is 355 g/mol. The van der Waals surface area contributed by atoms with Crippen LogP contribution in [0.15, 0.2) is 22.7 Å². The summed E-state index contributed by atoms with van der Waals surface area (Å²) in [6, 6.07) is 5.25. The van der Waals surface area contributed by atoms with Crippen molar-refractivity contribution in [2.75, 3.05) is 13.1 Å². The largest absolute Gasteiger partial charge is 0.322 e. The van der Waals surface area contributed by atoms with Crippen LogP contribution in [0.4, 0.5) is 4.39 Å². The summed E-state index contributed by atoms with van der Waals surface area (Å²) in [5, 5.41) is 0. The molecule has 2 nitrogen and oxygen atoms in total. The monoisotopic (exact) mass is 354 g/mol. The highest BCUT2D eigenvalue weighted by molar-refractivity contribution is 9.10. The summed E-state index contributed by atoms with van der Waals surface area (Å²) in [7, 11) is 0. The van der Waals surface area contributed by atoms with E-state index in [0.717, 1.165) is 25.9 Å². The molecular formula is C17H24BrFN2. The van der Waals surface area contributed by atoms with Crippen LogP contribution in [-0.2, 0) is 0 Å². The molecule has 0 radical (unpaired) electrons. The molecule has 3 rings (SSSR count). The first-order chi connectivity index (χ1) is 10.1. The molecule has 0 amide bonds. The van der Waals surface area contributed by atoms with Crippen LogP contribution in [-0.4, -0.2) is 23.5 Å². The van der Waals surface area contributed by atoms with Crippen molar-refractivity contribution in [3.63, 3.8) is 0 Å². The quantitative estimate of drug-likeness (QED) is 0.872. The van der Waals surface area contributed by atoms with Crippen molar-refractivity contribution >= 4 is 15.9 Å². The van der Waals surface area contributed by atoms with E-state index in [-0.39, 0.29) is 17.4 Å². The van der Waals surface area contributed by atoms with E-state index in [1.807, 2.05) is 12.1 Å². The minimum Gasteiger partial charge on any atom is -0.322 e. The summed E-state index contributed by atoms with van der Waals surface area (Å²) < 4.78 is 15.0. The number of nitrogens with zero attached hydrogens (tertiary/aromatic N) is 1. The van der Waals surface area contributed by atoms with E-state index < -0.39 is 0 Å². The van der Waals surface area contributed by atoms with Crippen molar-refractivity contribution in [2.45, 2.75) is 56.5 Å². The molecule has 1 saturated carbocycles. The molecule has 1 aliphatic carbocycles. The lowest BCUT2D eigenvalue weighted by Gasteiger charge is -2.47. The second kappa shape index (κ2) is 6.35. The van der Waals surface area contributed by atoms with Gasteiger partial charge in [0.05, 0.1) is 10.5 Å². The van der Waals surface area contributed by atoms with Gasteiger partial charge in [0.15, 0.2) is 0 Å². The van der Waals surface area contributed by atoms with Gasteiger partial charge in [-0.1, -0.05) is 31.4 Å². The first-order valence-corrected chi connectivity index (χ1v) is 8.89. The van der Waals surface area contributed by atoms with Crippen molar-refractivity contribution < 1.29 is 4.39 Å². The molecule has 1 aromatic carbocycles. The molecule has 1 saturated heterocycles. The van der Waals surface area contributed by atoms with E-state index in [4.69, 9.17) is 5.73 Å². The molecule has 0 aromatic heterocycles. The third kappa shape index (κ3) is 2.78. The van der Waals surface area contributed by atoms with Crippen LogP contribution in [0.2, 0.25) is 0 Å². The van der Waals surface area contributed by atoms with Gasteiger partial charge in [-0.2, -0.15) is 0 Å². The van der Waals surface area contributed by atoms with Gasteiger partial charge in [-0.25, -0.2) is 4.39 Å². The lowest BCUT2D eigenvalue weighted by atomic mass is 9.81. The Morgan fingerprint density at radius 3 is 2.43 bits per heavy atom. The predicted octanol–water partition coefficient (Wildman–Crippen LogP) is 4.39. The maximum Gasteiger partial charge on any atom is 0.142 e. The molecule has 1 atom stereocenters. The predicted molar refractivity (Wildman–Crippen MR) is 87.7 cm³/mol. The molecule has 2 fully saturated rings. The smallest absolute Gasteiger partial charge is 0.142 e. The summed E-state index contributed by atoms with van der Waals surface area (Å²) >= 11 is 3.29. The third-order valence-corrected chi connectivity index (χ3v) is 5.96. The lowest BCUT2D eigenvalue weighted by molar-refractivity contribution is 0.0468. The van der Waals surface area contributed by atoms with Crippen LogP contribution < -0.4 is 5.73 Å². The summed E-state index contributed by atoms with van der Waals surface area (Å²) in [4.78, 5) is 2.56. The van der Waals surface area contributed by atoms with E-state index in [9.17, 15) is 4.39 Å². The first-order valence-electron chi connectivity index (χ1n) is 8.10. The minimum absolute atomic E-state index is 0.0396. The third-order valence-electron chi connectivity index (χ3n) is 5.35. The Balaban J connectivity index is 1.94. The van der Waals surface area contributed by atoms with Crippen LogP contribution in [0.5, 0.6) is 0 Å². The van der Waals surface area contributed by atoms with E-state index in [2.05, 4.69) is 20.8 Å². The van der Waals surface area contributed by atoms with E-state index in [1.165, 1.54) is 32.1 Å². The van der Waals surface area contributed by atoms with Crippen molar-refractivity contribution in [3.8, 4) is 0 Å². The van der Waals surface area contributed by atoms with Gasteiger partial charge in [0, 0.05) is 11.1 Å². The van der Waals surface area contributed by atoms with Crippen molar-refractivity contribution in [3.05, 3.63) is 34.1 Å². The van der Waals surface area contributed by atoms with Gasteiger partial charge in [0.2, 0.25) is 0 Å². The normalized spacial score (nSPS) is 24.1. The number of hydrogen-bond acceptors (Lipinski definition) is 2. The zero-order valence-electron chi connectivity index (χ0n) is 12.5. The Morgan fingerprint density at radius 2 is 1.76 bits per heavy atom. The van der Waals surface area contributed by atoms with Crippen molar-refractivity contribution in [1.82, 2.24) is 4.90 Å². The SMILES string of the molecule is NC(c1cccc(Br)c1F)C1(N2CCCCC2)CCCC1. The van der Waals surface area contributed by atoms with Crippen LogP contribution in [0, 0.1) is 5.82 Å². The van der Waals surface area contributed by atoms with E-state index in [0.29, 0.717) is 10.0 Å². The molecule has 21 heavy (non-hydrogen) atoms. The number of nitrogens with two attached hydrogens (primary N) is 1. The number of piperidine rings is 1. The standard InChI is InChI=1S/C17H24BrFN2/c18-14-8-6-7-13(15(14)19)16(20)17(9-2-3-10-17)21-11-4-1-5-12-21/h6-8,16H,1-5,9-12,20H2. The molecule has 116 valence electrons. The summed E-state index contributed by atoms with van der Waals surface area (Å²) in [5.41, 5.74) is 7.26. The molecule has 4 heteroatoms. The lowest BCUT2D eigenvalue weighted by Crippen LogP contribution is -2.55. The average Bonchev–Trinajstić information content (AvgIpc) is 3.01. The van der Waals surface area contributed by atoms with Crippen molar-refractivity contribution in [2.24, 2.45) is 5.73 Å². The fraction of sp³-hybridized carbons (Fsp3) is 0.647. The van der Waals surface area contributed by atoms with E-state index in [1.54, 1.807) is 6.07 Å². The fourth-order valence-corrected chi connectivity index (χ4v) is 4.58. The van der Waals surface area contributed by atoms with Crippen LogP contribution in [0.3, 0.4) is 0 Å². The summed E-state index contributed by atoms with van der Waals surface area (Å²) in [6.07, 6.45) is 8.41. The van der Waals surface area contributed by atoms with Gasteiger partial charge in [-0.3, -0.25) is 4.90 Å². The molecule has 1 heterocycles. The van der Waals surface area contributed by atoms with Gasteiger partial charge in [0.1, 0.15) is 5.82 Å². The van der Waals surface area contributed by atoms with Gasteiger partial charge >= 0.3 is 0 Å². The highest BCUT2D eigenvalue weighted by atomic mass is 79.9. The number of rotatable bonds is 3. The minimum atomic E-state index is -0.240. The molecule has 1 aromatic rings. The number of hydrogen-bond donors (Lipinski definition) is 1. The van der Waals surface area contributed by atoms with Crippen molar-refractivity contribution in [1.29, 1.82) is 0 Å². The first kappa shape index (κ1) is 15.4. The highest BCUT2D eigenvalue weighted by Crippen LogP contribution is 2.45. The number of benzene rings is 1. The fourth-order valence-electron chi connectivity index (χ4n) is 4.20. The second-order valence-electron chi connectivity index (χ2n) is 6.48. The molecule has 1 unspecified atom stereocenters. The van der Waals surface area contributed by atoms with Gasteiger partial charge < -0.3 is 5.73 Å². The second-order valence-corrected chi connectivity index (χ2v) is 7.33. The number of likely N-dealkylation sites (tertiary alicyclic amines) is 1. The number of halogens is 2. The Morgan fingerprint density at radius 1 is 1.10 bits per heavy atom. The zero-order valence-corrected chi connectivity index (χ0v) is 14.0. The molecule has 0 bridgehead atoms. The molecular weight excluding hydrogens is 331 g/mol. The maximum absolute atomic E-state index is 14.5. The van der Waals surface area contributed by atoms with Gasteiger partial charge in [-0.15, -0.1) is 0 Å². The molecule has 0 spiro atoms. The van der Waals surface area contributed by atoms with E-state index >= 15 is 0 Å². The zero-order chi connectivity index (χ0) is 14.9.